The Morgan fingerprint density at radius 2 is 2.22 bits per heavy atom. The Morgan fingerprint density at radius 3 is 2.94 bits per heavy atom. The molecule has 0 amide bonds. The maximum Gasteiger partial charge on any atom is 0.109 e. The molecule has 2 rings (SSSR count). The van der Waals surface area contributed by atoms with Gasteiger partial charge in [-0.3, -0.25) is 9.36 Å². The van der Waals surface area contributed by atoms with Gasteiger partial charge in [-0.15, -0.1) is 0 Å². The number of hydrogen-bond acceptors (Lipinski definition) is 3. The highest BCUT2D eigenvalue weighted by Crippen LogP contribution is 1.99. The zero-order valence-electron chi connectivity index (χ0n) is 10.5. The highest BCUT2D eigenvalue weighted by atomic mass is 19.1. The minimum Gasteiger partial charge on any atom is -0.307 e. The van der Waals surface area contributed by atoms with Crippen molar-refractivity contribution in [3.05, 3.63) is 35.9 Å². The predicted molar refractivity (Wildman–Crippen MR) is 66.6 cm³/mol. The van der Waals surface area contributed by atoms with Crippen molar-refractivity contribution in [1.29, 1.82) is 0 Å². The summed E-state index contributed by atoms with van der Waals surface area (Å²) >= 11 is 0. The Labute approximate surface area is 106 Å². The van der Waals surface area contributed by atoms with Crippen LogP contribution in [0.25, 0.3) is 0 Å². The number of aromatic nitrogens is 4. The fourth-order valence-electron chi connectivity index (χ4n) is 1.71. The molecule has 0 unspecified atom stereocenters. The van der Waals surface area contributed by atoms with Crippen LogP contribution >= 0.6 is 0 Å². The second-order valence-corrected chi connectivity index (χ2v) is 4.07. The van der Waals surface area contributed by atoms with E-state index in [1.54, 1.807) is 10.9 Å². The van der Waals surface area contributed by atoms with Gasteiger partial charge in [0.05, 0.1) is 18.4 Å². The molecule has 0 radical (unpaired) electrons. The lowest BCUT2D eigenvalue weighted by molar-refractivity contribution is 0.425. The van der Waals surface area contributed by atoms with E-state index >= 15 is 0 Å². The van der Waals surface area contributed by atoms with Gasteiger partial charge in [0.2, 0.25) is 0 Å². The van der Waals surface area contributed by atoms with Gasteiger partial charge in [-0.1, -0.05) is 0 Å². The maximum atomic E-state index is 12.1. The molecule has 0 aliphatic rings. The molecule has 0 spiro atoms. The normalized spacial score (nSPS) is 11.0. The van der Waals surface area contributed by atoms with Crippen LogP contribution in [0.3, 0.4) is 0 Å². The van der Waals surface area contributed by atoms with E-state index in [1.165, 1.54) is 0 Å². The summed E-state index contributed by atoms with van der Waals surface area (Å²) in [5, 5.41) is 11.7. The van der Waals surface area contributed by atoms with E-state index in [0.29, 0.717) is 13.1 Å². The van der Waals surface area contributed by atoms with Crippen LogP contribution in [0.1, 0.15) is 18.2 Å². The van der Waals surface area contributed by atoms with Crippen molar-refractivity contribution in [2.45, 2.75) is 33.1 Å². The van der Waals surface area contributed by atoms with Crippen molar-refractivity contribution < 1.29 is 4.39 Å². The summed E-state index contributed by atoms with van der Waals surface area (Å²) in [6.07, 6.45) is 5.68. The first-order valence-electron chi connectivity index (χ1n) is 6.12. The predicted octanol–water partition coefficient (Wildman–Crippen LogP) is 1.36. The standard InChI is InChI=1S/C12H18FN5/c1-2-17-10-11(8-15-17)7-14-9-12-3-5-18(16-12)6-4-13/h3,5,8,10,14H,2,4,6-7,9H2,1H3. The summed E-state index contributed by atoms with van der Waals surface area (Å²) in [5.74, 6) is 0. The number of halogens is 1. The largest absolute Gasteiger partial charge is 0.307 e. The van der Waals surface area contributed by atoms with E-state index in [1.807, 2.05) is 23.1 Å². The van der Waals surface area contributed by atoms with Crippen LogP contribution in [0.4, 0.5) is 4.39 Å². The van der Waals surface area contributed by atoms with Gasteiger partial charge in [-0.25, -0.2) is 4.39 Å². The summed E-state index contributed by atoms with van der Waals surface area (Å²) in [7, 11) is 0. The SMILES string of the molecule is CCn1cc(CNCc2ccn(CCF)n2)cn1. The van der Waals surface area contributed by atoms with Gasteiger partial charge in [0, 0.05) is 37.6 Å². The maximum absolute atomic E-state index is 12.1. The van der Waals surface area contributed by atoms with Gasteiger partial charge >= 0.3 is 0 Å². The molecule has 0 saturated heterocycles. The average molecular weight is 251 g/mol. The lowest BCUT2D eigenvalue weighted by Crippen LogP contribution is -2.13. The molecule has 98 valence electrons. The molecular weight excluding hydrogens is 233 g/mol. The number of nitrogens with one attached hydrogen (secondary N) is 1. The average Bonchev–Trinajstić information content (AvgIpc) is 2.99. The minimum absolute atomic E-state index is 0.323. The molecule has 1 N–H and O–H groups in total. The first kappa shape index (κ1) is 12.8. The Hall–Kier alpha value is -1.69. The first-order chi connectivity index (χ1) is 8.81. The fourth-order valence-corrected chi connectivity index (χ4v) is 1.71. The number of hydrogen-bond donors (Lipinski definition) is 1. The lowest BCUT2D eigenvalue weighted by Gasteiger charge is -2.00. The smallest absolute Gasteiger partial charge is 0.109 e. The lowest BCUT2D eigenvalue weighted by atomic mass is 10.3. The number of rotatable bonds is 7. The first-order valence-corrected chi connectivity index (χ1v) is 6.12. The van der Waals surface area contributed by atoms with E-state index in [9.17, 15) is 4.39 Å². The highest BCUT2D eigenvalue weighted by molar-refractivity contribution is 5.04. The molecule has 0 saturated carbocycles. The van der Waals surface area contributed by atoms with Gasteiger partial charge in [0.15, 0.2) is 0 Å². The van der Waals surface area contributed by atoms with Crippen molar-refractivity contribution in [2.75, 3.05) is 6.67 Å². The molecule has 2 aromatic rings. The van der Waals surface area contributed by atoms with Crippen LogP contribution in [0.2, 0.25) is 0 Å². The molecule has 0 bridgehead atoms. The van der Waals surface area contributed by atoms with Gasteiger partial charge in [0.1, 0.15) is 6.67 Å². The number of alkyl halides is 1. The minimum atomic E-state index is -0.384. The zero-order valence-corrected chi connectivity index (χ0v) is 10.5. The van der Waals surface area contributed by atoms with E-state index < -0.39 is 0 Å². The molecule has 6 heteroatoms. The third-order valence-electron chi connectivity index (χ3n) is 2.66. The molecule has 2 aromatic heterocycles. The summed E-state index contributed by atoms with van der Waals surface area (Å²) < 4.78 is 15.6. The molecule has 0 aliphatic carbocycles. The fraction of sp³-hybridized carbons (Fsp3) is 0.500. The molecule has 0 aromatic carbocycles. The Balaban J connectivity index is 1.77. The Bertz CT molecular complexity index is 476. The van der Waals surface area contributed by atoms with E-state index in [0.717, 1.165) is 24.3 Å². The summed E-state index contributed by atoms with van der Waals surface area (Å²) in [4.78, 5) is 0. The van der Waals surface area contributed by atoms with Gasteiger partial charge in [-0.05, 0) is 13.0 Å². The molecule has 0 atom stereocenters. The monoisotopic (exact) mass is 251 g/mol. The molecule has 18 heavy (non-hydrogen) atoms. The van der Waals surface area contributed by atoms with Crippen molar-refractivity contribution in [3.63, 3.8) is 0 Å². The van der Waals surface area contributed by atoms with E-state index in [4.69, 9.17) is 0 Å². The van der Waals surface area contributed by atoms with Crippen molar-refractivity contribution >= 4 is 0 Å². The van der Waals surface area contributed by atoms with Gasteiger partial charge in [-0.2, -0.15) is 10.2 Å². The summed E-state index contributed by atoms with van der Waals surface area (Å²) in [6, 6.07) is 1.90. The van der Waals surface area contributed by atoms with Crippen LogP contribution < -0.4 is 5.32 Å². The molecule has 0 aliphatic heterocycles. The molecular formula is C12H18FN5. The second kappa shape index (κ2) is 6.30. The summed E-state index contributed by atoms with van der Waals surface area (Å²) in [6.45, 7) is 4.32. The summed E-state index contributed by atoms with van der Waals surface area (Å²) in [5.41, 5.74) is 2.08. The third-order valence-corrected chi connectivity index (χ3v) is 2.66. The quantitative estimate of drug-likeness (QED) is 0.808. The van der Waals surface area contributed by atoms with E-state index in [-0.39, 0.29) is 6.67 Å². The third kappa shape index (κ3) is 3.40. The molecule has 5 nitrogen and oxygen atoms in total. The van der Waals surface area contributed by atoms with Crippen LogP contribution in [0, 0.1) is 0 Å². The van der Waals surface area contributed by atoms with Crippen LogP contribution in [-0.2, 0) is 26.2 Å². The number of nitrogens with zero attached hydrogens (tertiary/aromatic N) is 4. The second-order valence-electron chi connectivity index (χ2n) is 4.07. The Kier molecular flexibility index (Phi) is 4.46. The Morgan fingerprint density at radius 1 is 1.33 bits per heavy atom. The zero-order chi connectivity index (χ0) is 12.8. The van der Waals surface area contributed by atoms with Crippen molar-refractivity contribution in [2.24, 2.45) is 0 Å². The van der Waals surface area contributed by atoms with Crippen molar-refractivity contribution in [1.82, 2.24) is 24.9 Å². The highest BCUT2D eigenvalue weighted by Gasteiger charge is 2.00. The molecule has 2 heterocycles. The van der Waals surface area contributed by atoms with E-state index in [2.05, 4.69) is 22.4 Å². The van der Waals surface area contributed by atoms with Crippen LogP contribution in [-0.4, -0.2) is 26.2 Å². The van der Waals surface area contributed by atoms with Crippen molar-refractivity contribution in [3.8, 4) is 0 Å². The van der Waals surface area contributed by atoms with Gasteiger partial charge in [0.25, 0.3) is 0 Å². The number of aryl methyl sites for hydroxylation is 2. The van der Waals surface area contributed by atoms with Crippen LogP contribution in [0.15, 0.2) is 24.7 Å². The molecule has 0 fully saturated rings. The van der Waals surface area contributed by atoms with Gasteiger partial charge < -0.3 is 5.32 Å². The van der Waals surface area contributed by atoms with Crippen LogP contribution in [0.5, 0.6) is 0 Å². The topological polar surface area (TPSA) is 47.7 Å².